The molecule has 0 unspecified atom stereocenters. The standard InChI is InChI=1S/C16H21NO/c1-3-11-6-5-7-14-13(4-2)15(18-16(11)14)10-17-12-8-9-12/h5-7,12,17H,3-4,8-10H2,1-2H3. The number of furan rings is 1. The van der Waals surface area contributed by atoms with Crippen LogP contribution in [0.4, 0.5) is 0 Å². The SMILES string of the molecule is CCc1c(CNC2CC2)oc2c(CC)cccc12. The summed E-state index contributed by atoms with van der Waals surface area (Å²) in [5.74, 6) is 1.14. The van der Waals surface area contributed by atoms with Gasteiger partial charge in [0.15, 0.2) is 0 Å². The van der Waals surface area contributed by atoms with E-state index in [9.17, 15) is 0 Å². The van der Waals surface area contributed by atoms with Gasteiger partial charge in [0.1, 0.15) is 11.3 Å². The molecule has 2 heteroatoms. The van der Waals surface area contributed by atoms with Gasteiger partial charge in [-0.2, -0.15) is 0 Å². The van der Waals surface area contributed by atoms with E-state index in [1.807, 2.05) is 0 Å². The highest BCUT2D eigenvalue weighted by atomic mass is 16.3. The van der Waals surface area contributed by atoms with E-state index in [4.69, 9.17) is 4.42 Å². The predicted octanol–water partition coefficient (Wildman–Crippen LogP) is 3.81. The molecule has 3 rings (SSSR count). The molecular formula is C16H21NO. The van der Waals surface area contributed by atoms with E-state index in [1.54, 1.807) is 0 Å². The maximum atomic E-state index is 6.13. The Morgan fingerprint density at radius 2 is 2.06 bits per heavy atom. The van der Waals surface area contributed by atoms with Gasteiger partial charge in [-0.05, 0) is 31.2 Å². The predicted molar refractivity (Wildman–Crippen MR) is 74.8 cm³/mol. The number of hydrogen-bond donors (Lipinski definition) is 1. The number of para-hydroxylation sites is 1. The third-order valence-corrected chi connectivity index (χ3v) is 3.85. The van der Waals surface area contributed by atoms with Crippen molar-refractivity contribution in [2.24, 2.45) is 0 Å². The molecular weight excluding hydrogens is 222 g/mol. The summed E-state index contributed by atoms with van der Waals surface area (Å²) in [4.78, 5) is 0. The van der Waals surface area contributed by atoms with Gasteiger partial charge in [-0.25, -0.2) is 0 Å². The van der Waals surface area contributed by atoms with Crippen LogP contribution < -0.4 is 5.32 Å². The molecule has 0 amide bonds. The van der Waals surface area contributed by atoms with E-state index in [0.29, 0.717) is 0 Å². The zero-order valence-corrected chi connectivity index (χ0v) is 11.3. The minimum Gasteiger partial charge on any atom is -0.459 e. The van der Waals surface area contributed by atoms with Crippen LogP contribution in [0.25, 0.3) is 11.0 Å². The lowest BCUT2D eigenvalue weighted by atomic mass is 10.0. The molecule has 1 aliphatic carbocycles. The fourth-order valence-corrected chi connectivity index (χ4v) is 2.61. The van der Waals surface area contributed by atoms with E-state index >= 15 is 0 Å². The second-order valence-corrected chi connectivity index (χ2v) is 5.16. The van der Waals surface area contributed by atoms with Gasteiger partial charge in [-0.3, -0.25) is 0 Å². The van der Waals surface area contributed by atoms with Gasteiger partial charge in [-0.15, -0.1) is 0 Å². The van der Waals surface area contributed by atoms with E-state index in [2.05, 4.69) is 37.4 Å². The second-order valence-electron chi connectivity index (χ2n) is 5.16. The molecule has 1 saturated carbocycles. The summed E-state index contributed by atoms with van der Waals surface area (Å²) in [6, 6.07) is 7.24. The molecule has 0 radical (unpaired) electrons. The Hall–Kier alpha value is -1.28. The minimum absolute atomic E-state index is 0.730. The topological polar surface area (TPSA) is 25.2 Å². The number of rotatable bonds is 5. The van der Waals surface area contributed by atoms with Crippen LogP contribution in [-0.4, -0.2) is 6.04 Å². The van der Waals surface area contributed by atoms with Gasteiger partial charge >= 0.3 is 0 Å². The molecule has 1 N–H and O–H groups in total. The van der Waals surface area contributed by atoms with Crippen LogP contribution in [0.2, 0.25) is 0 Å². The lowest BCUT2D eigenvalue weighted by molar-refractivity contribution is 0.505. The molecule has 2 aromatic rings. The number of nitrogens with one attached hydrogen (secondary N) is 1. The van der Waals surface area contributed by atoms with Crippen LogP contribution in [0.15, 0.2) is 22.6 Å². The summed E-state index contributed by atoms with van der Waals surface area (Å²) < 4.78 is 6.13. The Balaban J connectivity index is 2.00. The van der Waals surface area contributed by atoms with Crippen LogP contribution >= 0.6 is 0 Å². The lowest BCUT2D eigenvalue weighted by Crippen LogP contribution is -2.15. The highest BCUT2D eigenvalue weighted by molar-refractivity contribution is 5.85. The van der Waals surface area contributed by atoms with Gasteiger partial charge in [0.25, 0.3) is 0 Å². The Bertz CT molecular complexity index is 551. The molecule has 0 bridgehead atoms. The van der Waals surface area contributed by atoms with Crippen molar-refractivity contribution in [3.8, 4) is 0 Å². The maximum absolute atomic E-state index is 6.13. The van der Waals surface area contributed by atoms with E-state index in [-0.39, 0.29) is 0 Å². The molecule has 0 aliphatic heterocycles. The zero-order valence-electron chi connectivity index (χ0n) is 11.3. The van der Waals surface area contributed by atoms with Crippen molar-refractivity contribution in [2.75, 3.05) is 0 Å². The van der Waals surface area contributed by atoms with Crippen molar-refractivity contribution in [3.63, 3.8) is 0 Å². The average molecular weight is 243 g/mol. The van der Waals surface area contributed by atoms with Gasteiger partial charge in [0.2, 0.25) is 0 Å². The summed E-state index contributed by atoms with van der Waals surface area (Å²) >= 11 is 0. The van der Waals surface area contributed by atoms with Crippen LogP contribution in [-0.2, 0) is 19.4 Å². The normalized spacial score (nSPS) is 15.4. The molecule has 1 aromatic carbocycles. The summed E-state index contributed by atoms with van der Waals surface area (Å²) in [6.45, 7) is 5.28. The van der Waals surface area contributed by atoms with Crippen LogP contribution in [0.1, 0.15) is 43.6 Å². The smallest absolute Gasteiger partial charge is 0.137 e. The van der Waals surface area contributed by atoms with Crippen LogP contribution in [0, 0.1) is 0 Å². The summed E-state index contributed by atoms with van der Waals surface area (Å²) in [6.07, 6.45) is 4.72. The maximum Gasteiger partial charge on any atom is 0.137 e. The molecule has 0 spiro atoms. The number of fused-ring (bicyclic) bond motifs is 1. The summed E-state index contributed by atoms with van der Waals surface area (Å²) in [5.41, 5.74) is 3.80. The van der Waals surface area contributed by atoms with Crippen molar-refractivity contribution >= 4 is 11.0 Å². The average Bonchev–Trinajstić information content (AvgIpc) is 3.15. The minimum atomic E-state index is 0.730. The monoisotopic (exact) mass is 243 g/mol. The zero-order chi connectivity index (χ0) is 12.5. The Morgan fingerprint density at radius 3 is 2.72 bits per heavy atom. The summed E-state index contributed by atoms with van der Waals surface area (Å²) in [7, 11) is 0. The van der Waals surface area contributed by atoms with Crippen molar-refractivity contribution in [1.29, 1.82) is 0 Å². The molecule has 18 heavy (non-hydrogen) atoms. The van der Waals surface area contributed by atoms with Crippen LogP contribution in [0.3, 0.4) is 0 Å². The highest BCUT2D eigenvalue weighted by Gasteiger charge is 2.22. The third kappa shape index (κ3) is 2.05. The quantitative estimate of drug-likeness (QED) is 0.864. The first-order valence-corrected chi connectivity index (χ1v) is 7.09. The Labute approximate surface area is 108 Å². The number of aryl methyl sites for hydroxylation is 2. The first kappa shape index (κ1) is 11.8. The number of benzene rings is 1. The fraction of sp³-hybridized carbons (Fsp3) is 0.500. The number of hydrogen-bond acceptors (Lipinski definition) is 2. The first-order valence-electron chi connectivity index (χ1n) is 7.09. The van der Waals surface area contributed by atoms with Gasteiger partial charge in [-0.1, -0.05) is 32.0 Å². The molecule has 0 saturated heterocycles. The molecule has 1 fully saturated rings. The molecule has 2 nitrogen and oxygen atoms in total. The second kappa shape index (κ2) is 4.77. The highest BCUT2D eigenvalue weighted by Crippen LogP contribution is 2.30. The van der Waals surface area contributed by atoms with E-state index in [0.717, 1.165) is 36.8 Å². The van der Waals surface area contributed by atoms with Crippen molar-refractivity contribution in [3.05, 3.63) is 35.1 Å². The van der Waals surface area contributed by atoms with Gasteiger partial charge < -0.3 is 9.73 Å². The van der Waals surface area contributed by atoms with Crippen LogP contribution in [0.5, 0.6) is 0 Å². The van der Waals surface area contributed by atoms with Crippen molar-refractivity contribution in [1.82, 2.24) is 5.32 Å². The molecule has 1 heterocycles. The van der Waals surface area contributed by atoms with Crippen molar-refractivity contribution in [2.45, 2.75) is 52.1 Å². The molecule has 0 atom stereocenters. The largest absolute Gasteiger partial charge is 0.459 e. The molecule has 1 aromatic heterocycles. The van der Waals surface area contributed by atoms with Gasteiger partial charge in [0, 0.05) is 17.0 Å². The lowest BCUT2D eigenvalue weighted by Gasteiger charge is -2.01. The Kier molecular flexibility index (Phi) is 3.13. The van der Waals surface area contributed by atoms with E-state index < -0.39 is 0 Å². The van der Waals surface area contributed by atoms with Gasteiger partial charge in [0.05, 0.1) is 6.54 Å². The Morgan fingerprint density at radius 1 is 1.22 bits per heavy atom. The summed E-state index contributed by atoms with van der Waals surface area (Å²) in [5, 5.41) is 4.86. The van der Waals surface area contributed by atoms with Crippen molar-refractivity contribution < 1.29 is 4.42 Å². The van der Waals surface area contributed by atoms with E-state index in [1.165, 1.54) is 29.4 Å². The molecule has 96 valence electrons. The fourth-order valence-electron chi connectivity index (χ4n) is 2.61. The third-order valence-electron chi connectivity index (χ3n) is 3.85. The molecule has 1 aliphatic rings. The first-order chi connectivity index (χ1) is 8.83.